The third-order valence-electron chi connectivity index (χ3n) is 1.01. The monoisotopic (exact) mass is 148 g/mol. The first-order valence-electron chi connectivity index (χ1n) is 3.69. The van der Waals surface area contributed by atoms with E-state index in [0.717, 1.165) is 19.3 Å². The van der Waals surface area contributed by atoms with E-state index in [1.54, 1.807) is 0 Å². The number of hydrogen-bond donors (Lipinski definition) is 0. The van der Waals surface area contributed by atoms with Gasteiger partial charge >= 0.3 is 14.1 Å². The van der Waals surface area contributed by atoms with Crippen LogP contribution in [-0.4, -0.2) is 14.1 Å². The average molecular weight is 148 g/mol. The lowest BCUT2D eigenvalue weighted by molar-refractivity contribution is 0.904. The molecule has 0 saturated carbocycles. The summed E-state index contributed by atoms with van der Waals surface area (Å²) in [5.41, 5.74) is 0. The first-order valence-corrected chi connectivity index (χ1v) is 6.58. The third kappa shape index (κ3) is 7.65. The van der Waals surface area contributed by atoms with Crippen LogP contribution in [0.2, 0.25) is 11.6 Å². The molecule has 0 unspecified atom stereocenters. The molecule has 0 spiro atoms. The summed E-state index contributed by atoms with van der Waals surface area (Å²) in [6.07, 6.45) is 7.99. The molecule has 1 heteroatoms. The Morgan fingerprint density at radius 3 is 2.50 bits per heavy atom. The first-order chi connectivity index (χ1) is 4.77. The summed E-state index contributed by atoms with van der Waals surface area (Å²) in [5, 5.41) is 0. The van der Waals surface area contributed by atoms with Gasteiger partial charge in [0, 0.05) is 12.8 Å². The van der Waals surface area contributed by atoms with Crippen LogP contribution in [0.25, 0.3) is 0 Å². The Labute approximate surface area is 68.4 Å². The SMILES string of the molecule is C#CCCCC#[C][Al]([CH3])[CH3]. The third-order valence-corrected chi connectivity index (χ3v) is 1.80. The van der Waals surface area contributed by atoms with E-state index >= 15 is 0 Å². The van der Waals surface area contributed by atoms with Gasteiger partial charge in [0.15, 0.2) is 0 Å². The number of terminal acetylenes is 1. The van der Waals surface area contributed by atoms with Crippen LogP contribution in [0.1, 0.15) is 19.3 Å². The van der Waals surface area contributed by atoms with E-state index < -0.39 is 14.1 Å². The van der Waals surface area contributed by atoms with Gasteiger partial charge in [-0.1, -0.05) is 11.6 Å². The lowest BCUT2D eigenvalue weighted by Crippen LogP contribution is -1.92. The normalized spacial score (nSPS) is 7.30. The Hall–Kier alpha value is -0.348. The molecular formula is C9H13Al. The van der Waals surface area contributed by atoms with Crippen molar-refractivity contribution in [2.75, 3.05) is 0 Å². The molecule has 0 heterocycles. The fourth-order valence-electron chi connectivity index (χ4n) is 0.555. The maximum Gasteiger partial charge on any atom is 0.369 e. The molecule has 0 amide bonds. The zero-order chi connectivity index (χ0) is 7.82. The molecule has 0 rings (SSSR count). The van der Waals surface area contributed by atoms with Gasteiger partial charge in [0.2, 0.25) is 0 Å². The van der Waals surface area contributed by atoms with Crippen LogP contribution in [0.5, 0.6) is 0 Å². The van der Waals surface area contributed by atoms with Gasteiger partial charge < -0.3 is 0 Å². The standard InChI is InChI=1S/C7H7.2CH3.Al/c1-3-5-7-6-4-2;;;/h1H,5-7H2;2*1H3;. The van der Waals surface area contributed by atoms with Crippen LogP contribution < -0.4 is 0 Å². The van der Waals surface area contributed by atoms with Gasteiger partial charge in [-0.15, -0.1) is 18.3 Å². The Balaban J connectivity index is 3.22. The van der Waals surface area contributed by atoms with Crippen molar-refractivity contribution >= 4 is 14.1 Å². The van der Waals surface area contributed by atoms with Gasteiger partial charge in [-0.2, -0.15) is 0 Å². The molecule has 0 aliphatic carbocycles. The highest BCUT2D eigenvalue weighted by atomic mass is 27.2. The van der Waals surface area contributed by atoms with Gasteiger partial charge in [-0.25, -0.2) is 4.78 Å². The van der Waals surface area contributed by atoms with Crippen LogP contribution in [-0.2, 0) is 0 Å². The topological polar surface area (TPSA) is 0 Å². The summed E-state index contributed by atoms with van der Waals surface area (Å²) in [6.45, 7) is 0. The molecule has 0 aromatic rings. The number of rotatable bonds is 2. The van der Waals surface area contributed by atoms with Crippen molar-refractivity contribution in [2.24, 2.45) is 0 Å². The van der Waals surface area contributed by atoms with Crippen molar-refractivity contribution in [2.45, 2.75) is 30.8 Å². The summed E-state index contributed by atoms with van der Waals surface area (Å²) >= 11 is -0.635. The number of hydrogen-bond acceptors (Lipinski definition) is 0. The van der Waals surface area contributed by atoms with E-state index in [1.165, 1.54) is 0 Å². The molecule has 0 aromatic heterocycles. The highest BCUT2D eigenvalue weighted by molar-refractivity contribution is 6.64. The van der Waals surface area contributed by atoms with Crippen molar-refractivity contribution in [3.05, 3.63) is 0 Å². The number of unbranched alkanes of at least 4 members (excludes halogenated alkanes) is 2. The second-order valence-corrected chi connectivity index (χ2v) is 5.13. The lowest BCUT2D eigenvalue weighted by atomic mass is 10.2. The molecule has 0 saturated heterocycles. The molecule has 0 bridgehead atoms. The molecule has 0 atom stereocenters. The maximum absolute atomic E-state index is 5.08. The average Bonchev–Trinajstić information content (AvgIpc) is 1.87. The Morgan fingerprint density at radius 2 is 2.00 bits per heavy atom. The van der Waals surface area contributed by atoms with Crippen LogP contribution in [0, 0.1) is 23.0 Å². The van der Waals surface area contributed by atoms with Crippen molar-refractivity contribution in [3.63, 3.8) is 0 Å². The van der Waals surface area contributed by atoms with Gasteiger partial charge in [-0.3, -0.25) is 0 Å². The van der Waals surface area contributed by atoms with Gasteiger partial charge in [0.05, 0.1) is 0 Å². The van der Waals surface area contributed by atoms with E-state index in [9.17, 15) is 0 Å². The van der Waals surface area contributed by atoms with Crippen LogP contribution >= 0.6 is 0 Å². The van der Waals surface area contributed by atoms with Crippen LogP contribution in [0.4, 0.5) is 0 Å². The second kappa shape index (κ2) is 6.77. The Morgan fingerprint density at radius 1 is 1.30 bits per heavy atom. The zero-order valence-corrected chi connectivity index (χ0v) is 7.93. The summed E-state index contributed by atoms with van der Waals surface area (Å²) in [4.78, 5) is 3.22. The quantitative estimate of drug-likeness (QED) is 0.319. The van der Waals surface area contributed by atoms with E-state index in [0.29, 0.717) is 0 Å². The lowest BCUT2D eigenvalue weighted by Gasteiger charge is -1.84. The van der Waals surface area contributed by atoms with Gasteiger partial charge in [0.1, 0.15) is 0 Å². The fourth-order valence-corrected chi connectivity index (χ4v) is 1.11. The summed E-state index contributed by atoms with van der Waals surface area (Å²) in [7, 11) is 0. The molecule has 0 fully saturated rings. The Kier molecular flexibility index (Phi) is 6.53. The second-order valence-electron chi connectivity index (χ2n) is 2.53. The highest BCUT2D eigenvalue weighted by Crippen LogP contribution is 1.90. The molecule has 0 radical (unpaired) electrons. The van der Waals surface area contributed by atoms with Gasteiger partial charge in [0.25, 0.3) is 0 Å². The minimum atomic E-state index is -0.635. The summed E-state index contributed by atoms with van der Waals surface area (Å²) < 4.78 is 0. The van der Waals surface area contributed by atoms with E-state index in [1.807, 2.05) is 0 Å². The van der Waals surface area contributed by atoms with E-state index in [-0.39, 0.29) is 0 Å². The van der Waals surface area contributed by atoms with Crippen LogP contribution in [0.15, 0.2) is 0 Å². The summed E-state index contributed by atoms with van der Waals surface area (Å²) in [5.74, 6) is 10.2. The van der Waals surface area contributed by atoms with Crippen molar-refractivity contribution in [3.8, 4) is 23.0 Å². The predicted octanol–water partition coefficient (Wildman–Crippen LogP) is 2.09. The Bertz CT molecular complexity index is 163. The minimum Gasteiger partial charge on any atom is -0.205 e. The molecule has 52 valence electrons. The fraction of sp³-hybridized carbons (Fsp3) is 0.556. The summed E-state index contributed by atoms with van der Waals surface area (Å²) in [6, 6.07) is 0. The molecule has 0 aliphatic rings. The molecule has 10 heavy (non-hydrogen) atoms. The van der Waals surface area contributed by atoms with E-state index in [2.05, 4.69) is 28.2 Å². The molecular weight excluding hydrogens is 135 g/mol. The van der Waals surface area contributed by atoms with Crippen molar-refractivity contribution < 1.29 is 0 Å². The highest BCUT2D eigenvalue weighted by Gasteiger charge is 1.92. The minimum absolute atomic E-state index is 0.635. The van der Waals surface area contributed by atoms with Crippen LogP contribution in [0.3, 0.4) is 0 Å². The predicted molar refractivity (Wildman–Crippen MR) is 47.9 cm³/mol. The largest absolute Gasteiger partial charge is 0.369 e. The zero-order valence-electron chi connectivity index (χ0n) is 6.78. The molecule has 0 N–H and O–H groups in total. The van der Waals surface area contributed by atoms with Crippen molar-refractivity contribution in [1.82, 2.24) is 0 Å². The molecule has 0 aromatic carbocycles. The maximum atomic E-state index is 5.08. The molecule has 0 nitrogen and oxygen atoms in total. The van der Waals surface area contributed by atoms with E-state index in [4.69, 9.17) is 6.42 Å². The van der Waals surface area contributed by atoms with Gasteiger partial charge in [-0.05, 0) is 6.42 Å². The molecule has 0 aliphatic heterocycles. The smallest absolute Gasteiger partial charge is 0.205 e. The van der Waals surface area contributed by atoms with Crippen molar-refractivity contribution in [1.29, 1.82) is 0 Å². The first kappa shape index (κ1) is 9.65.